The molecule has 0 unspecified atom stereocenters. The lowest BCUT2D eigenvalue weighted by Gasteiger charge is -2.23. The molecule has 0 aromatic carbocycles. The van der Waals surface area contributed by atoms with E-state index in [-0.39, 0.29) is 33.0 Å². The van der Waals surface area contributed by atoms with Gasteiger partial charge in [0.15, 0.2) is 10.8 Å². The molecule has 0 spiro atoms. The summed E-state index contributed by atoms with van der Waals surface area (Å²) in [6.45, 7) is 0. The van der Waals surface area contributed by atoms with Crippen molar-refractivity contribution < 1.29 is 18.0 Å². The molecule has 1 aliphatic carbocycles. The number of aromatic nitrogens is 2. The van der Waals surface area contributed by atoms with E-state index in [4.69, 9.17) is 0 Å². The molecule has 4 rings (SSSR count). The molecule has 1 aliphatic rings. The van der Waals surface area contributed by atoms with Crippen molar-refractivity contribution in [3.05, 3.63) is 29.1 Å². The number of fused-ring (bicyclic) bond motifs is 1. The van der Waals surface area contributed by atoms with E-state index < -0.39 is 11.7 Å². The number of nitrogens with one attached hydrogen (secondary N) is 1. The van der Waals surface area contributed by atoms with Gasteiger partial charge in [0, 0.05) is 5.92 Å². The minimum Gasteiger partial charge on any atom is -0.302 e. The number of pyridine rings is 1. The molecule has 1 fully saturated rings. The maximum atomic E-state index is 13.5. The number of carbonyl (C=O) groups excluding carboxylic acids is 1. The van der Waals surface area contributed by atoms with Gasteiger partial charge in [0.05, 0.1) is 20.8 Å². The Morgan fingerprint density at radius 3 is 2.68 bits per heavy atom. The number of amides is 1. The van der Waals surface area contributed by atoms with Gasteiger partial charge in [-0.1, -0.05) is 23.8 Å². The number of hydrogen-bond acceptors (Lipinski definition) is 5. The lowest BCUT2D eigenvalue weighted by Crippen LogP contribution is -2.27. The molecule has 0 aliphatic heterocycles. The largest absolute Gasteiger partial charge is 0.417 e. The van der Waals surface area contributed by atoms with Crippen LogP contribution in [0.4, 0.5) is 18.3 Å². The van der Waals surface area contributed by atoms with Crippen molar-refractivity contribution in [3.8, 4) is 10.6 Å². The number of halogens is 3. The molecule has 3 heterocycles. The normalized spacial score (nSPS) is 15.3. The highest BCUT2D eigenvalue weighted by Gasteiger charge is 2.35. The fraction of sp³-hybridized carbons (Fsp3) is 0.312. The summed E-state index contributed by atoms with van der Waals surface area (Å²) in [7, 11) is 0. The number of rotatable bonds is 3. The summed E-state index contributed by atoms with van der Waals surface area (Å²) in [4.78, 5) is 21.0. The Morgan fingerprint density at radius 1 is 1.28 bits per heavy atom. The smallest absolute Gasteiger partial charge is 0.302 e. The van der Waals surface area contributed by atoms with E-state index in [1.807, 2.05) is 0 Å². The molecule has 1 amide bonds. The molecule has 3 aromatic rings. The molecular weight excluding hydrogens is 371 g/mol. The maximum Gasteiger partial charge on any atom is 0.417 e. The van der Waals surface area contributed by atoms with Gasteiger partial charge in [-0.05, 0) is 30.4 Å². The average Bonchev–Trinajstić information content (AvgIpc) is 3.11. The van der Waals surface area contributed by atoms with Crippen molar-refractivity contribution in [2.45, 2.75) is 25.4 Å². The number of thiazole rings is 1. The van der Waals surface area contributed by atoms with Gasteiger partial charge in [0.1, 0.15) is 0 Å². The van der Waals surface area contributed by atoms with Gasteiger partial charge in [0.25, 0.3) is 0 Å². The van der Waals surface area contributed by atoms with Crippen molar-refractivity contribution in [1.82, 2.24) is 9.97 Å². The van der Waals surface area contributed by atoms with Crippen LogP contribution < -0.4 is 5.32 Å². The Hall–Kier alpha value is -2.00. The molecule has 9 heteroatoms. The lowest BCUT2D eigenvalue weighted by molar-refractivity contribution is -0.136. The third-order valence-corrected chi connectivity index (χ3v) is 6.03. The second-order valence-electron chi connectivity index (χ2n) is 5.82. The van der Waals surface area contributed by atoms with Gasteiger partial charge in [-0.25, -0.2) is 4.98 Å². The van der Waals surface area contributed by atoms with Crippen LogP contribution in [0.25, 0.3) is 20.9 Å². The summed E-state index contributed by atoms with van der Waals surface area (Å²) < 4.78 is 40.4. The number of carbonyl (C=O) groups is 1. The highest BCUT2D eigenvalue weighted by atomic mass is 32.1. The second kappa shape index (κ2) is 6.06. The van der Waals surface area contributed by atoms with Crippen LogP contribution in [0.2, 0.25) is 0 Å². The fourth-order valence-corrected chi connectivity index (χ4v) is 4.23. The quantitative estimate of drug-likeness (QED) is 0.678. The standard InChI is InChI=1S/C16H12F3N3OS2/c17-16(18,19)9-7-10(11-5-2-6-24-11)20-13-12(9)25-15(21-13)22-14(23)8-3-1-4-8/h2,5-8H,1,3-4H2,(H,20,21,22,23). The first-order valence-electron chi connectivity index (χ1n) is 7.65. The first-order chi connectivity index (χ1) is 11.9. The van der Waals surface area contributed by atoms with Crippen molar-refractivity contribution in [3.63, 3.8) is 0 Å². The van der Waals surface area contributed by atoms with Crippen molar-refractivity contribution in [2.75, 3.05) is 5.32 Å². The summed E-state index contributed by atoms with van der Waals surface area (Å²) >= 11 is 2.13. The number of alkyl halides is 3. The molecule has 3 aromatic heterocycles. The summed E-state index contributed by atoms with van der Waals surface area (Å²) in [5.74, 6) is -0.249. The zero-order chi connectivity index (χ0) is 17.6. The highest BCUT2D eigenvalue weighted by molar-refractivity contribution is 7.22. The van der Waals surface area contributed by atoms with Crippen molar-refractivity contribution >= 4 is 44.1 Å². The van der Waals surface area contributed by atoms with E-state index >= 15 is 0 Å². The Balaban J connectivity index is 1.77. The zero-order valence-corrected chi connectivity index (χ0v) is 14.4. The minimum absolute atomic E-state index is 0.00661. The van der Waals surface area contributed by atoms with Gasteiger partial charge in [-0.3, -0.25) is 4.79 Å². The molecule has 0 radical (unpaired) electrons. The topological polar surface area (TPSA) is 54.9 Å². The molecule has 130 valence electrons. The average molecular weight is 383 g/mol. The van der Waals surface area contributed by atoms with Gasteiger partial charge < -0.3 is 5.32 Å². The minimum atomic E-state index is -4.52. The van der Waals surface area contributed by atoms with Gasteiger partial charge >= 0.3 is 6.18 Å². The molecule has 4 nitrogen and oxygen atoms in total. The van der Waals surface area contributed by atoms with E-state index in [2.05, 4.69) is 15.3 Å². The first kappa shape index (κ1) is 16.5. The van der Waals surface area contributed by atoms with Crippen LogP contribution in [0.1, 0.15) is 24.8 Å². The first-order valence-corrected chi connectivity index (χ1v) is 9.35. The summed E-state index contributed by atoms with van der Waals surface area (Å²) in [5.41, 5.74) is -0.535. The van der Waals surface area contributed by atoms with E-state index in [9.17, 15) is 18.0 Å². The second-order valence-corrected chi connectivity index (χ2v) is 7.77. The summed E-state index contributed by atoms with van der Waals surface area (Å²) in [6, 6.07) is 4.51. The Bertz CT molecular complexity index is 930. The van der Waals surface area contributed by atoms with Crippen LogP contribution in [0.3, 0.4) is 0 Å². The third-order valence-electron chi connectivity index (χ3n) is 4.15. The SMILES string of the molecule is O=C(Nc1nc2nc(-c3cccs3)cc(C(F)(F)F)c2s1)C1CCC1. The molecule has 1 saturated carbocycles. The van der Waals surface area contributed by atoms with Gasteiger partial charge in [-0.2, -0.15) is 18.2 Å². The molecule has 0 atom stereocenters. The van der Waals surface area contributed by atoms with Gasteiger partial charge in [0.2, 0.25) is 5.91 Å². The van der Waals surface area contributed by atoms with Gasteiger partial charge in [-0.15, -0.1) is 11.3 Å². The van der Waals surface area contributed by atoms with Crippen LogP contribution in [0.15, 0.2) is 23.6 Å². The van der Waals surface area contributed by atoms with Crippen molar-refractivity contribution in [2.24, 2.45) is 5.92 Å². The highest BCUT2D eigenvalue weighted by Crippen LogP contribution is 2.41. The molecule has 1 N–H and O–H groups in total. The molecular formula is C16H12F3N3OS2. The third kappa shape index (κ3) is 3.13. The predicted octanol–water partition coefficient (Wildman–Crippen LogP) is 5.18. The molecule has 0 bridgehead atoms. The number of thiophene rings is 1. The Morgan fingerprint density at radius 2 is 2.08 bits per heavy atom. The van der Waals surface area contributed by atoms with E-state index in [1.54, 1.807) is 17.5 Å². The van der Waals surface area contributed by atoms with Crippen LogP contribution in [-0.2, 0) is 11.0 Å². The number of hydrogen-bond donors (Lipinski definition) is 1. The summed E-state index contributed by atoms with van der Waals surface area (Å²) in [5, 5.41) is 4.57. The molecule has 0 saturated heterocycles. The van der Waals surface area contributed by atoms with E-state index in [0.29, 0.717) is 4.88 Å². The Labute approximate surface area is 148 Å². The van der Waals surface area contributed by atoms with Crippen LogP contribution in [-0.4, -0.2) is 15.9 Å². The zero-order valence-electron chi connectivity index (χ0n) is 12.8. The van der Waals surface area contributed by atoms with Crippen molar-refractivity contribution in [1.29, 1.82) is 0 Å². The van der Waals surface area contributed by atoms with E-state index in [1.165, 1.54) is 11.3 Å². The van der Waals surface area contributed by atoms with Crippen LogP contribution in [0.5, 0.6) is 0 Å². The fourth-order valence-electron chi connectivity index (χ4n) is 2.60. The van der Waals surface area contributed by atoms with Crippen LogP contribution in [0, 0.1) is 5.92 Å². The van der Waals surface area contributed by atoms with E-state index in [0.717, 1.165) is 36.7 Å². The number of nitrogens with zero attached hydrogens (tertiary/aromatic N) is 2. The monoisotopic (exact) mass is 383 g/mol. The van der Waals surface area contributed by atoms with Crippen LogP contribution >= 0.6 is 22.7 Å². The summed E-state index contributed by atoms with van der Waals surface area (Å²) in [6.07, 6.45) is -1.90. The lowest BCUT2D eigenvalue weighted by atomic mass is 9.85. The number of anilines is 1. The Kier molecular flexibility index (Phi) is 3.99. The molecule has 25 heavy (non-hydrogen) atoms. The predicted molar refractivity (Wildman–Crippen MR) is 91.7 cm³/mol. The maximum absolute atomic E-state index is 13.5.